The van der Waals surface area contributed by atoms with Crippen molar-refractivity contribution in [1.29, 1.82) is 0 Å². The first-order valence-electron chi connectivity index (χ1n) is 7.78. The number of allylic oxidation sites excluding steroid dienone is 2. The lowest BCUT2D eigenvalue weighted by atomic mass is 9.92. The number of halogens is 1. The van der Waals surface area contributed by atoms with Crippen LogP contribution in [0.3, 0.4) is 0 Å². The average molecular weight is 321 g/mol. The van der Waals surface area contributed by atoms with Crippen molar-refractivity contribution in [2.24, 2.45) is 0 Å². The van der Waals surface area contributed by atoms with Crippen LogP contribution in [0.1, 0.15) is 25.5 Å². The van der Waals surface area contributed by atoms with Crippen molar-refractivity contribution in [2.45, 2.75) is 19.9 Å². The zero-order valence-electron chi connectivity index (χ0n) is 13.4. The maximum absolute atomic E-state index is 14.6. The number of hydrogen-bond acceptors (Lipinski definition) is 3. The SMILES string of the molecule is CC(=O)C1=C(C)Nc2nc3ccccc3n2C1c1ccccc1F. The number of ketones is 1. The molecule has 1 N–H and O–H groups in total. The van der Waals surface area contributed by atoms with Gasteiger partial charge in [-0.1, -0.05) is 30.3 Å². The fraction of sp³-hybridized carbons (Fsp3) is 0.158. The van der Waals surface area contributed by atoms with E-state index in [2.05, 4.69) is 10.3 Å². The third-order valence-electron chi connectivity index (χ3n) is 4.41. The molecular weight excluding hydrogens is 305 g/mol. The Morgan fingerprint density at radius 1 is 1.17 bits per heavy atom. The van der Waals surface area contributed by atoms with Crippen molar-refractivity contribution in [3.63, 3.8) is 0 Å². The van der Waals surface area contributed by atoms with Crippen molar-refractivity contribution in [3.8, 4) is 0 Å². The summed E-state index contributed by atoms with van der Waals surface area (Å²) >= 11 is 0. The number of nitrogens with zero attached hydrogens (tertiary/aromatic N) is 2. The summed E-state index contributed by atoms with van der Waals surface area (Å²) in [6.45, 7) is 3.34. The number of anilines is 1. The van der Waals surface area contributed by atoms with Crippen LogP contribution in [-0.4, -0.2) is 15.3 Å². The molecule has 2 heterocycles. The van der Waals surface area contributed by atoms with E-state index in [4.69, 9.17) is 0 Å². The van der Waals surface area contributed by atoms with E-state index in [1.807, 2.05) is 35.8 Å². The van der Waals surface area contributed by atoms with Gasteiger partial charge in [-0.3, -0.25) is 9.36 Å². The van der Waals surface area contributed by atoms with Crippen LogP contribution in [0.25, 0.3) is 11.0 Å². The van der Waals surface area contributed by atoms with Gasteiger partial charge in [-0.15, -0.1) is 0 Å². The molecule has 0 saturated carbocycles. The Morgan fingerprint density at radius 3 is 2.62 bits per heavy atom. The van der Waals surface area contributed by atoms with E-state index in [0.717, 1.165) is 11.0 Å². The molecule has 0 spiro atoms. The van der Waals surface area contributed by atoms with Gasteiger partial charge in [0, 0.05) is 16.8 Å². The van der Waals surface area contributed by atoms with Crippen molar-refractivity contribution < 1.29 is 9.18 Å². The topological polar surface area (TPSA) is 46.9 Å². The van der Waals surface area contributed by atoms with Crippen molar-refractivity contribution in [2.75, 3.05) is 5.32 Å². The van der Waals surface area contributed by atoms with Crippen molar-refractivity contribution in [1.82, 2.24) is 9.55 Å². The fourth-order valence-electron chi connectivity index (χ4n) is 3.41. The lowest BCUT2D eigenvalue weighted by molar-refractivity contribution is -0.114. The van der Waals surface area contributed by atoms with Crippen LogP contribution in [0.2, 0.25) is 0 Å². The largest absolute Gasteiger partial charge is 0.329 e. The molecule has 24 heavy (non-hydrogen) atoms. The van der Waals surface area contributed by atoms with Crippen LogP contribution in [0.5, 0.6) is 0 Å². The number of rotatable bonds is 2. The summed E-state index contributed by atoms with van der Waals surface area (Å²) in [4.78, 5) is 16.9. The molecule has 1 aliphatic rings. The molecule has 3 aromatic rings. The number of benzene rings is 2. The lowest BCUT2D eigenvalue weighted by Crippen LogP contribution is -2.27. The third-order valence-corrected chi connectivity index (χ3v) is 4.41. The maximum atomic E-state index is 14.6. The van der Waals surface area contributed by atoms with Gasteiger partial charge in [0.2, 0.25) is 5.95 Å². The smallest absolute Gasteiger partial charge is 0.209 e. The Morgan fingerprint density at radius 2 is 1.88 bits per heavy atom. The van der Waals surface area contributed by atoms with Crippen molar-refractivity contribution in [3.05, 3.63) is 71.2 Å². The average Bonchev–Trinajstić information content (AvgIpc) is 2.91. The van der Waals surface area contributed by atoms with E-state index < -0.39 is 6.04 Å². The van der Waals surface area contributed by atoms with Gasteiger partial charge in [-0.2, -0.15) is 0 Å². The van der Waals surface area contributed by atoms with Gasteiger partial charge in [0.25, 0.3) is 0 Å². The Bertz CT molecular complexity index is 1000. The first-order valence-corrected chi connectivity index (χ1v) is 7.78. The van der Waals surface area contributed by atoms with Gasteiger partial charge >= 0.3 is 0 Å². The highest BCUT2D eigenvalue weighted by Crippen LogP contribution is 2.39. The number of Topliss-reactive ketones (excluding diaryl/α,β-unsaturated/α-hetero) is 1. The van der Waals surface area contributed by atoms with Gasteiger partial charge < -0.3 is 5.32 Å². The predicted molar refractivity (Wildman–Crippen MR) is 91.3 cm³/mol. The Kier molecular flexibility index (Phi) is 3.23. The number of fused-ring (bicyclic) bond motifs is 3. The zero-order valence-corrected chi connectivity index (χ0v) is 13.4. The van der Waals surface area contributed by atoms with E-state index in [9.17, 15) is 9.18 Å². The van der Waals surface area contributed by atoms with Crippen LogP contribution in [0, 0.1) is 5.82 Å². The van der Waals surface area contributed by atoms with E-state index >= 15 is 0 Å². The minimum absolute atomic E-state index is 0.0864. The van der Waals surface area contributed by atoms with Gasteiger partial charge in [-0.05, 0) is 32.0 Å². The van der Waals surface area contributed by atoms with Crippen LogP contribution in [-0.2, 0) is 4.79 Å². The Labute approximate surface area is 138 Å². The maximum Gasteiger partial charge on any atom is 0.209 e. The molecule has 4 nitrogen and oxygen atoms in total. The molecule has 120 valence electrons. The monoisotopic (exact) mass is 321 g/mol. The minimum atomic E-state index is -0.535. The minimum Gasteiger partial charge on any atom is -0.329 e. The number of nitrogens with one attached hydrogen (secondary N) is 1. The molecule has 1 atom stereocenters. The quantitative estimate of drug-likeness (QED) is 0.774. The molecule has 1 aliphatic heterocycles. The first kappa shape index (κ1) is 14.6. The highest BCUT2D eigenvalue weighted by molar-refractivity contribution is 5.97. The molecule has 1 unspecified atom stereocenters. The summed E-state index contributed by atoms with van der Waals surface area (Å²) in [5.74, 6) is 0.198. The van der Waals surface area contributed by atoms with E-state index in [-0.39, 0.29) is 11.6 Å². The molecule has 0 aliphatic carbocycles. The summed E-state index contributed by atoms with van der Waals surface area (Å²) in [6, 6.07) is 13.7. The van der Waals surface area contributed by atoms with Gasteiger partial charge in [0.1, 0.15) is 5.82 Å². The number of hydrogen-bond donors (Lipinski definition) is 1. The van der Waals surface area contributed by atoms with E-state index in [1.165, 1.54) is 13.0 Å². The predicted octanol–water partition coefficient (Wildman–Crippen LogP) is 4.05. The fourth-order valence-corrected chi connectivity index (χ4v) is 3.41. The number of imidazole rings is 1. The van der Waals surface area contributed by atoms with Crippen LogP contribution < -0.4 is 5.32 Å². The number of aromatic nitrogens is 2. The Balaban J connectivity index is 2.07. The molecule has 0 bridgehead atoms. The van der Waals surface area contributed by atoms with Gasteiger partial charge in [0.05, 0.1) is 17.1 Å². The molecule has 0 amide bonds. The summed E-state index contributed by atoms with van der Waals surface area (Å²) in [7, 11) is 0. The summed E-state index contributed by atoms with van der Waals surface area (Å²) < 4.78 is 16.5. The standard InChI is InChI=1S/C19H16FN3O/c1-11-17(12(2)24)18(13-7-3-4-8-14(13)20)23-16-10-6-5-9-15(16)22-19(23)21-11/h3-10,18H,1-2H3,(H,21,22). The van der Waals surface area contributed by atoms with Crippen LogP contribution in [0.15, 0.2) is 59.8 Å². The number of carbonyl (C=O) groups is 1. The molecule has 0 fully saturated rings. The van der Waals surface area contributed by atoms with E-state index in [0.29, 0.717) is 22.8 Å². The molecular formula is C19H16FN3O. The van der Waals surface area contributed by atoms with Crippen LogP contribution in [0.4, 0.5) is 10.3 Å². The zero-order chi connectivity index (χ0) is 16.8. The molecule has 0 radical (unpaired) electrons. The first-order chi connectivity index (χ1) is 11.6. The summed E-state index contributed by atoms with van der Waals surface area (Å²) in [6.07, 6.45) is 0. The van der Waals surface area contributed by atoms with E-state index in [1.54, 1.807) is 18.2 Å². The second kappa shape index (κ2) is 5.30. The Hall–Kier alpha value is -2.95. The number of para-hydroxylation sites is 2. The van der Waals surface area contributed by atoms with Crippen LogP contribution >= 0.6 is 0 Å². The molecule has 1 aromatic heterocycles. The third kappa shape index (κ3) is 2.05. The van der Waals surface area contributed by atoms with Gasteiger partial charge in [-0.25, -0.2) is 9.37 Å². The highest BCUT2D eigenvalue weighted by atomic mass is 19.1. The highest BCUT2D eigenvalue weighted by Gasteiger charge is 2.33. The molecule has 2 aromatic carbocycles. The summed E-state index contributed by atoms with van der Waals surface area (Å²) in [5, 5.41) is 3.19. The molecule has 5 heteroatoms. The lowest BCUT2D eigenvalue weighted by Gasteiger charge is -2.30. The normalized spacial score (nSPS) is 16.9. The second-order valence-electron chi connectivity index (χ2n) is 5.94. The molecule has 0 saturated heterocycles. The van der Waals surface area contributed by atoms with Crippen molar-refractivity contribution >= 4 is 22.8 Å². The number of carbonyl (C=O) groups excluding carboxylic acids is 1. The summed E-state index contributed by atoms with van der Waals surface area (Å²) in [5.41, 5.74) is 3.39. The second-order valence-corrected chi connectivity index (χ2v) is 5.94. The molecule has 4 rings (SSSR count). The van der Waals surface area contributed by atoms with Gasteiger partial charge in [0.15, 0.2) is 5.78 Å².